The average molecular weight is 469 g/mol. The summed E-state index contributed by atoms with van der Waals surface area (Å²) in [6.45, 7) is 5.92. The van der Waals surface area contributed by atoms with Crippen LogP contribution >= 0.6 is 0 Å². The van der Waals surface area contributed by atoms with Crippen LogP contribution in [-0.4, -0.2) is 41.1 Å². The molecule has 2 N–H and O–H groups in total. The summed E-state index contributed by atoms with van der Waals surface area (Å²) in [7, 11) is 0. The number of rotatable bonds is 8. The number of hydrogen-bond donors (Lipinski definition) is 2. The maximum absolute atomic E-state index is 13.2. The molecule has 3 aromatic carbocycles. The third-order valence-corrected chi connectivity index (χ3v) is 6.78. The van der Waals surface area contributed by atoms with Gasteiger partial charge < -0.3 is 10.4 Å². The lowest BCUT2D eigenvalue weighted by Gasteiger charge is -2.36. The summed E-state index contributed by atoms with van der Waals surface area (Å²) in [6.07, 6.45) is 1.70. The van der Waals surface area contributed by atoms with Crippen LogP contribution in [-0.2, 0) is 11.3 Å². The molecule has 4 heteroatoms. The second kappa shape index (κ2) is 12.0. The molecule has 2 atom stereocenters. The van der Waals surface area contributed by atoms with Crippen LogP contribution in [0.25, 0.3) is 5.57 Å². The minimum atomic E-state index is -0.536. The highest BCUT2D eigenvalue weighted by molar-refractivity contribution is 5.83. The minimum Gasteiger partial charge on any atom is -0.393 e. The van der Waals surface area contributed by atoms with Crippen LogP contribution in [0.5, 0.6) is 0 Å². The van der Waals surface area contributed by atoms with Crippen molar-refractivity contribution < 1.29 is 9.90 Å². The number of aliphatic hydroxyl groups is 1. The predicted octanol–water partition coefficient (Wildman–Crippen LogP) is 5.35. The van der Waals surface area contributed by atoms with Crippen LogP contribution < -0.4 is 5.32 Å². The van der Waals surface area contributed by atoms with Crippen molar-refractivity contribution in [1.82, 2.24) is 10.2 Å². The van der Waals surface area contributed by atoms with Gasteiger partial charge in [-0.1, -0.05) is 96.1 Å². The van der Waals surface area contributed by atoms with Crippen LogP contribution in [0.15, 0.2) is 90.5 Å². The number of aryl methyl sites for hydroxylation is 1. The van der Waals surface area contributed by atoms with Crippen molar-refractivity contribution in [2.75, 3.05) is 13.1 Å². The third kappa shape index (κ3) is 6.68. The number of hydrogen-bond acceptors (Lipinski definition) is 3. The largest absolute Gasteiger partial charge is 0.393 e. The molecule has 1 heterocycles. The summed E-state index contributed by atoms with van der Waals surface area (Å²) in [5.41, 5.74) is 7.49. The maximum Gasteiger partial charge on any atom is 0.237 e. The molecule has 35 heavy (non-hydrogen) atoms. The summed E-state index contributed by atoms with van der Waals surface area (Å²) < 4.78 is 0. The van der Waals surface area contributed by atoms with Gasteiger partial charge in [-0.25, -0.2) is 0 Å². The van der Waals surface area contributed by atoms with Gasteiger partial charge in [0.15, 0.2) is 0 Å². The quantitative estimate of drug-likeness (QED) is 0.469. The van der Waals surface area contributed by atoms with Crippen molar-refractivity contribution >= 4 is 11.5 Å². The Bertz CT molecular complexity index is 1070. The van der Waals surface area contributed by atoms with Gasteiger partial charge in [0.2, 0.25) is 5.91 Å². The van der Waals surface area contributed by atoms with Gasteiger partial charge in [-0.05, 0) is 55.4 Å². The van der Waals surface area contributed by atoms with Gasteiger partial charge in [-0.15, -0.1) is 0 Å². The number of likely N-dealkylation sites (tertiary alicyclic amines) is 1. The molecule has 4 nitrogen and oxygen atoms in total. The SMILES string of the molecule is Cc1ccc(CNC(=O)[C@@H](C[C@H](C)O)N2CCC(=C(c3ccccc3)c3ccccc3)CC2)cc1. The number of piperidine rings is 1. The summed E-state index contributed by atoms with van der Waals surface area (Å²) in [6, 6.07) is 29.0. The molecule has 1 fully saturated rings. The summed E-state index contributed by atoms with van der Waals surface area (Å²) in [5, 5.41) is 13.2. The molecule has 182 valence electrons. The zero-order chi connectivity index (χ0) is 24.6. The Labute approximate surface area is 209 Å². The smallest absolute Gasteiger partial charge is 0.237 e. The van der Waals surface area contributed by atoms with Crippen molar-refractivity contribution in [3.05, 3.63) is 113 Å². The number of aliphatic hydroxyl groups excluding tert-OH is 1. The molecule has 3 aromatic rings. The zero-order valence-corrected chi connectivity index (χ0v) is 20.8. The normalized spacial score (nSPS) is 15.9. The molecule has 1 aliphatic heterocycles. The van der Waals surface area contributed by atoms with Crippen LogP contribution in [0.2, 0.25) is 0 Å². The minimum absolute atomic E-state index is 0.00903. The first-order valence-electron chi connectivity index (χ1n) is 12.6. The van der Waals surface area contributed by atoms with E-state index >= 15 is 0 Å². The number of carbonyl (C=O) groups excluding carboxylic acids is 1. The molecular formula is C31H36N2O2. The average Bonchev–Trinajstić information content (AvgIpc) is 2.89. The monoisotopic (exact) mass is 468 g/mol. The number of amides is 1. The molecule has 0 radical (unpaired) electrons. The van der Waals surface area contributed by atoms with Gasteiger partial charge in [0.25, 0.3) is 0 Å². The van der Waals surface area contributed by atoms with E-state index in [0.717, 1.165) is 31.5 Å². The van der Waals surface area contributed by atoms with E-state index in [2.05, 4.69) is 89.9 Å². The van der Waals surface area contributed by atoms with Gasteiger partial charge in [0.1, 0.15) is 0 Å². The van der Waals surface area contributed by atoms with Gasteiger partial charge in [0, 0.05) is 19.6 Å². The number of carbonyl (C=O) groups is 1. The van der Waals surface area contributed by atoms with E-state index in [1.807, 2.05) is 12.1 Å². The van der Waals surface area contributed by atoms with Crippen LogP contribution in [0.3, 0.4) is 0 Å². The lowest BCUT2D eigenvalue weighted by atomic mass is 9.88. The van der Waals surface area contributed by atoms with Crippen molar-refractivity contribution in [2.45, 2.75) is 51.8 Å². The van der Waals surface area contributed by atoms with E-state index in [0.29, 0.717) is 13.0 Å². The standard InChI is InChI=1S/C31H36N2O2/c1-23-13-15-25(16-14-23)22-32-31(35)29(21-24(2)34)33-19-17-28(18-20-33)30(26-9-5-3-6-10-26)27-11-7-4-8-12-27/h3-16,24,29,34H,17-22H2,1-2H3,(H,32,35)/t24-,29+/m0/s1. The van der Waals surface area contributed by atoms with Crippen molar-refractivity contribution in [1.29, 1.82) is 0 Å². The first-order chi connectivity index (χ1) is 17.0. The molecule has 4 rings (SSSR count). The summed E-state index contributed by atoms with van der Waals surface area (Å²) >= 11 is 0. The second-order valence-corrected chi connectivity index (χ2v) is 9.55. The third-order valence-electron chi connectivity index (χ3n) is 6.78. The zero-order valence-electron chi connectivity index (χ0n) is 20.8. The number of benzene rings is 3. The molecular weight excluding hydrogens is 432 g/mol. The lowest BCUT2D eigenvalue weighted by molar-refractivity contribution is -0.128. The van der Waals surface area contributed by atoms with Gasteiger partial charge >= 0.3 is 0 Å². The molecule has 1 aliphatic rings. The van der Waals surface area contributed by atoms with Gasteiger partial charge in [-0.3, -0.25) is 9.69 Å². The van der Waals surface area contributed by atoms with Crippen LogP contribution in [0.1, 0.15) is 48.4 Å². The van der Waals surface area contributed by atoms with E-state index in [9.17, 15) is 9.90 Å². The molecule has 0 aromatic heterocycles. The highest BCUT2D eigenvalue weighted by Gasteiger charge is 2.30. The van der Waals surface area contributed by atoms with E-state index in [-0.39, 0.29) is 11.9 Å². The maximum atomic E-state index is 13.2. The Kier molecular flexibility index (Phi) is 8.51. The van der Waals surface area contributed by atoms with Crippen molar-refractivity contribution in [2.24, 2.45) is 0 Å². The van der Waals surface area contributed by atoms with Gasteiger partial charge in [-0.2, -0.15) is 0 Å². The molecule has 1 amide bonds. The highest BCUT2D eigenvalue weighted by atomic mass is 16.3. The van der Waals surface area contributed by atoms with E-state index in [1.54, 1.807) is 6.92 Å². The van der Waals surface area contributed by atoms with E-state index in [1.165, 1.54) is 27.8 Å². The Balaban J connectivity index is 1.49. The Morgan fingerprint density at radius 1 is 0.886 bits per heavy atom. The highest BCUT2D eigenvalue weighted by Crippen LogP contribution is 2.33. The topological polar surface area (TPSA) is 52.6 Å². The first-order valence-corrected chi connectivity index (χ1v) is 12.6. The van der Waals surface area contributed by atoms with E-state index in [4.69, 9.17) is 0 Å². The number of nitrogens with one attached hydrogen (secondary N) is 1. The lowest BCUT2D eigenvalue weighted by Crippen LogP contribution is -2.50. The van der Waals surface area contributed by atoms with Gasteiger partial charge in [0.05, 0.1) is 12.1 Å². The van der Waals surface area contributed by atoms with Crippen LogP contribution in [0.4, 0.5) is 0 Å². The second-order valence-electron chi connectivity index (χ2n) is 9.55. The fourth-order valence-electron chi connectivity index (χ4n) is 4.90. The molecule has 0 spiro atoms. The molecule has 1 saturated heterocycles. The molecule has 0 aliphatic carbocycles. The fraction of sp³-hybridized carbons (Fsp3) is 0.323. The molecule has 0 saturated carbocycles. The van der Waals surface area contributed by atoms with Crippen molar-refractivity contribution in [3.8, 4) is 0 Å². The number of nitrogens with zero attached hydrogens (tertiary/aromatic N) is 1. The van der Waals surface area contributed by atoms with Crippen molar-refractivity contribution in [3.63, 3.8) is 0 Å². The summed E-state index contributed by atoms with van der Waals surface area (Å²) in [5.74, 6) is -0.00903. The van der Waals surface area contributed by atoms with Crippen LogP contribution in [0, 0.1) is 6.92 Å². The Morgan fingerprint density at radius 3 is 1.94 bits per heavy atom. The molecule has 0 bridgehead atoms. The Hall–Kier alpha value is -3.21. The van der Waals surface area contributed by atoms with E-state index < -0.39 is 6.10 Å². The fourth-order valence-corrected chi connectivity index (χ4v) is 4.90. The predicted molar refractivity (Wildman–Crippen MR) is 143 cm³/mol. The Morgan fingerprint density at radius 2 is 1.43 bits per heavy atom. The molecule has 0 unspecified atom stereocenters. The summed E-state index contributed by atoms with van der Waals surface area (Å²) in [4.78, 5) is 15.4. The first kappa shape index (κ1) is 24.9.